The minimum absolute atomic E-state index is 0.220. The number of hydrogen-bond acceptors (Lipinski definition) is 5. The van der Waals surface area contributed by atoms with Gasteiger partial charge in [0.2, 0.25) is 11.8 Å². The number of rotatable bonds is 4. The van der Waals surface area contributed by atoms with Crippen LogP contribution in [0.25, 0.3) is 0 Å². The summed E-state index contributed by atoms with van der Waals surface area (Å²) in [6.45, 7) is 7.41. The van der Waals surface area contributed by atoms with Crippen molar-refractivity contribution in [1.29, 1.82) is 0 Å². The molecule has 1 fully saturated rings. The van der Waals surface area contributed by atoms with Gasteiger partial charge >= 0.3 is 0 Å². The zero-order valence-corrected chi connectivity index (χ0v) is 14.9. The Morgan fingerprint density at radius 2 is 1.96 bits per heavy atom. The van der Waals surface area contributed by atoms with Crippen LogP contribution in [0.5, 0.6) is 0 Å². The Bertz CT molecular complexity index is 725. The van der Waals surface area contributed by atoms with E-state index in [0.29, 0.717) is 18.1 Å². The molecule has 0 radical (unpaired) electrons. The smallest absolute Gasteiger partial charge is 0.229 e. The van der Waals surface area contributed by atoms with E-state index in [0.717, 1.165) is 43.7 Å². The van der Waals surface area contributed by atoms with Crippen LogP contribution in [0.3, 0.4) is 0 Å². The Hall–Kier alpha value is -2.18. The maximum atomic E-state index is 12.5. The van der Waals surface area contributed by atoms with E-state index in [9.17, 15) is 4.79 Å². The molecule has 0 N–H and O–H groups in total. The van der Waals surface area contributed by atoms with Crippen molar-refractivity contribution in [1.82, 2.24) is 24.8 Å². The largest absolute Gasteiger partial charge is 0.343 e. The molecular weight excluding hydrogens is 306 g/mol. The van der Waals surface area contributed by atoms with Crippen LogP contribution < -0.4 is 0 Å². The lowest BCUT2D eigenvalue weighted by molar-refractivity contribution is -0.132. The van der Waals surface area contributed by atoms with E-state index < -0.39 is 0 Å². The van der Waals surface area contributed by atoms with Crippen molar-refractivity contribution in [3.63, 3.8) is 0 Å². The molecule has 2 aromatic rings. The molecule has 0 saturated carbocycles. The lowest BCUT2D eigenvalue weighted by atomic mass is 9.96. The van der Waals surface area contributed by atoms with E-state index in [2.05, 4.69) is 22.2 Å². The van der Waals surface area contributed by atoms with E-state index in [-0.39, 0.29) is 11.8 Å². The molecule has 130 valence electrons. The quantitative estimate of drug-likeness (QED) is 0.857. The lowest BCUT2D eigenvalue weighted by Gasteiger charge is -2.30. The van der Waals surface area contributed by atoms with Crippen molar-refractivity contribution in [3.05, 3.63) is 28.7 Å². The van der Waals surface area contributed by atoms with Crippen molar-refractivity contribution in [2.24, 2.45) is 7.05 Å². The molecule has 0 atom stereocenters. The molecule has 0 spiro atoms. The van der Waals surface area contributed by atoms with Gasteiger partial charge in [-0.2, -0.15) is 10.1 Å². The number of hydrogen-bond donors (Lipinski definition) is 0. The third-order valence-corrected chi connectivity index (χ3v) is 4.99. The average Bonchev–Trinajstić information content (AvgIpc) is 3.10. The van der Waals surface area contributed by atoms with Gasteiger partial charge in [0.25, 0.3) is 0 Å². The molecule has 0 aromatic carbocycles. The van der Waals surface area contributed by atoms with Crippen LogP contribution in [0.4, 0.5) is 0 Å². The van der Waals surface area contributed by atoms with Crippen LogP contribution in [0.15, 0.2) is 4.52 Å². The van der Waals surface area contributed by atoms with E-state index in [1.54, 1.807) is 0 Å². The Labute approximate surface area is 142 Å². The summed E-state index contributed by atoms with van der Waals surface area (Å²) in [5, 5.41) is 8.27. The fourth-order valence-corrected chi connectivity index (χ4v) is 3.42. The number of likely N-dealkylation sites (tertiary alicyclic amines) is 1. The summed E-state index contributed by atoms with van der Waals surface area (Å²) < 4.78 is 7.14. The second-order valence-corrected chi connectivity index (χ2v) is 6.61. The zero-order chi connectivity index (χ0) is 17.3. The number of aromatic nitrogens is 4. The van der Waals surface area contributed by atoms with E-state index in [1.165, 1.54) is 5.56 Å². The van der Waals surface area contributed by atoms with Crippen LogP contribution in [-0.4, -0.2) is 43.8 Å². The molecular formula is C17H25N5O2. The predicted octanol–water partition coefficient (Wildman–Crippen LogP) is 2.07. The molecule has 1 amide bonds. The minimum atomic E-state index is 0.220. The van der Waals surface area contributed by atoms with Gasteiger partial charge in [0.05, 0.1) is 5.69 Å². The molecule has 2 aromatic heterocycles. The molecule has 3 rings (SSSR count). The fourth-order valence-electron chi connectivity index (χ4n) is 3.42. The summed E-state index contributed by atoms with van der Waals surface area (Å²) in [5.74, 6) is 1.88. The highest BCUT2D eigenvalue weighted by molar-refractivity contribution is 5.76. The number of aryl methyl sites for hydroxylation is 3. The number of nitrogens with zero attached hydrogens (tertiary/aromatic N) is 5. The molecule has 0 bridgehead atoms. The topological polar surface area (TPSA) is 77.0 Å². The highest BCUT2D eigenvalue weighted by Gasteiger charge is 2.27. The van der Waals surface area contributed by atoms with Gasteiger partial charge in [-0.15, -0.1) is 0 Å². The second-order valence-electron chi connectivity index (χ2n) is 6.61. The van der Waals surface area contributed by atoms with Gasteiger partial charge in [-0.3, -0.25) is 9.48 Å². The third kappa shape index (κ3) is 3.34. The van der Waals surface area contributed by atoms with Crippen molar-refractivity contribution in [3.8, 4) is 0 Å². The first-order chi connectivity index (χ1) is 11.5. The lowest BCUT2D eigenvalue weighted by Crippen LogP contribution is -2.38. The normalized spacial score (nSPS) is 15.9. The first kappa shape index (κ1) is 16.7. The van der Waals surface area contributed by atoms with Gasteiger partial charge in [0, 0.05) is 38.2 Å². The Kier molecular flexibility index (Phi) is 4.69. The first-order valence-electron chi connectivity index (χ1n) is 8.52. The SMILES string of the molecule is Cc1noc(C2CCN(C(=O)CCc3c(C)nn(C)c3C)CC2)n1. The molecule has 1 saturated heterocycles. The molecule has 1 aliphatic rings. The Morgan fingerprint density at radius 3 is 2.50 bits per heavy atom. The fraction of sp³-hybridized carbons (Fsp3) is 0.647. The van der Waals surface area contributed by atoms with Crippen molar-refractivity contribution in [2.45, 2.75) is 52.4 Å². The van der Waals surface area contributed by atoms with E-state index >= 15 is 0 Å². The van der Waals surface area contributed by atoms with Crippen LogP contribution in [0.2, 0.25) is 0 Å². The number of piperidine rings is 1. The second kappa shape index (κ2) is 6.75. The molecule has 1 aliphatic heterocycles. The summed E-state index contributed by atoms with van der Waals surface area (Å²) in [4.78, 5) is 18.8. The summed E-state index contributed by atoms with van der Waals surface area (Å²) in [6, 6.07) is 0. The molecule has 7 heteroatoms. The van der Waals surface area contributed by atoms with Gasteiger partial charge in [-0.25, -0.2) is 0 Å². The Balaban J connectivity index is 1.52. The van der Waals surface area contributed by atoms with Crippen molar-refractivity contribution >= 4 is 5.91 Å². The molecule has 0 aliphatic carbocycles. The van der Waals surface area contributed by atoms with Crippen LogP contribution in [0, 0.1) is 20.8 Å². The van der Waals surface area contributed by atoms with Gasteiger partial charge in [0.1, 0.15) is 0 Å². The summed E-state index contributed by atoms with van der Waals surface area (Å²) in [6.07, 6.45) is 3.07. The maximum Gasteiger partial charge on any atom is 0.229 e. The first-order valence-corrected chi connectivity index (χ1v) is 8.52. The monoisotopic (exact) mass is 331 g/mol. The number of amides is 1. The number of carbonyl (C=O) groups is 1. The zero-order valence-electron chi connectivity index (χ0n) is 14.9. The van der Waals surface area contributed by atoms with Gasteiger partial charge < -0.3 is 9.42 Å². The predicted molar refractivity (Wildman–Crippen MR) is 88.6 cm³/mol. The van der Waals surface area contributed by atoms with Crippen molar-refractivity contribution < 1.29 is 9.32 Å². The van der Waals surface area contributed by atoms with Crippen LogP contribution in [0.1, 0.15) is 53.8 Å². The standard InChI is InChI=1S/C17H25N5O2/c1-11-15(12(2)21(4)19-11)5-6-16(23)22-9-7-14(8-10-22)17-18-13(3)20-24-17/h14H,5-10H2,1-4H3. The third-order valence-electron chi connectivity index (χ3n) is 4.99. The Morgan fingerprint density at radius 1 is 1.25 bits per heavy atom. The van der Waals surface area contributed by atoms with Crippen LogP contribution in [-0.2, 0) is 18.3 Å². The minimum Gasteiger partial charge on any atom is -0.343 e. The maximum absolute atomic E-state index is 12.5. The van der Waals surface area contributed by atoms with Gasteiger partial charge in [-0.1, -0.05) is 5.16 Å². The molecule has 0 unspecified atom stereocenters. The van der Waals surface area contributed by atoms with Gasteiger partial charge in [-0.05, 0) is 45.6 Å². The highest BCUT2D eigenvalue weighted by atomic mass is 16.5. The molecule has 24 heavy (non-hydrogen) atoms. The van der Waals surface area contributed by atoms with Gasteiger partial charge in [0.15, 0.2) is 5.82 Å². The van der Waals surface area contributed by atoms with E-state index in [1.807, 2.05) is 30.5 Å². The van der Waals surface area contributed by atoms with Crippen molar-refractivity contribution in [2.75, 3.05) is 13.1 Å². The average molecular weight is 331 g/mol. The summed E-state index contributed by atoms with van der Waals surface area (Å²) >= 11 is 0. The number of carbonyl (C=O) groups excluding carboxylic acids is 1. The van der Waals surface area contributed by atoms with Crippen LogP contribution >= 0.6 is 0 Å². The van der Waals surface area contributed by atoms with E-state index in [4.69, 9.17) is 4.52 Å². The summed E-state index contributed by atoms with van der Waals surface area (Å²) in [7, 11) is 1.94. The summed E-state index contributed by atoms with van der Waals surface area (Å²) in [5.41, 5.74) is 3.36. The molecule has 7 nitrogen and oxygen atoms in total. The molecule has 3 heterocycles. The highest BCUT2D eigenvalue weighted by Crippen LogP contribution is 2.27.